The molecule has 1 amide bonds. The van der Waals surface area contributed by atoms with Crippen molar-refractivity contribution in [1.82, 2.24) is 9.88 Å². The highest BCUT2D eigenvalue weighted by atomic mass is 35.5. The third kappa shape index (κ3) is 4.67. The van der Waals surface area contributed by atoms with Crippen LogP contribution in [0.1, 0.15) is 20.8 Å². The molecule has 0 unspecified atom stereocenters. The molecule has 0 aliphatic carbocycles. The van der Waals surface area contributed by atoms with Gasteiger partial charge in [0.25, 0.3) is 0 Å². The zero-order chi connectivity index (χ0) is 18.7. The summed E-state index contributed by atoms with van der Waals surface area (Å²) >= 11 is 5.96. The van der Waals surface area contributed by atoms with Gasteiger partial charge in [0.1, 0.15) is 11.4 Å². The average molecular weight is 374 g/mol. The molecule has 0 atom stereocenters. The fraction of sp³-hybridized carbons (Fsp3) is 0.400. The first-order chi connectivity index (χ1) is 12.3. The van der Waals surface area contributed by atoms with Gasteiger partial charge in [-0.05, 0) is 45.0 Å². The second kappa shape index (κ2) is 7.54. The number of halogens is 1. The number of benzene rings is 1. The number of hydrogen-bond donors (Lipinski definition) is 0. The molecular weight excluding hydrogens is 350 g/mol. The van der Waals surface area contributed by atoms with Crippen molar-refractivity contribution < 1.29 is 9.53 Å². The fourth-order valence-corrected chi connectivity index (χ4v) is 2.95. The molecule has 1 aromatic heterocycles. The normalized spacial score (nSPS) is 15.1. The molecule has 0 saturated carbocycles. The van der Waals surface area contributed by atoms with Crippen molar-refractivity contribution >= 4 is 23.5 Å². The Morgan fingerprint density at radius 2 is 1.69 bits per heavy atom. The number of piperazine rings is 1. The lowest BCUT2D eigenvalue weighted by atomic mass is 10.1. The monoisotopic (exact) mass is 373 g/mol. The molecule has 26 heavy (non-hydrogen) atoms. The first kappa shape index (κ1) is 18.5. The average Bonchev–Trinajstić information content (AvgIpc) is 2.61. The van der Waals surface area contributed by atoms with Crippen LogP contribution in [-0.2, 0) is 4.74 Å². The van der Waals surface area contributed by atoms with Crippen LogP contribution in [0.4, 0.5) is 10.6 Å². The summed E-state index contributed by atoms with van der Waals surface area (Å²) in [5.41, 5.74) is 1.47. The van der Waals surface area contributed by atoms with Gasteiger partial charge in [-0.1, -0.05) is 29.8 Å². The van der Waals surface area contributed by atoms with Crippen LogP contribution in [0.3, 0.4) is 0 Å². The van der Waals surface area contributed by atoms with Crippen LogP contribution in [0, 0.1) is 0 Å². The number of rotatable bonds is 2. The van der Waals surface area contributed by atoms with Gasteiger partial charge in [-0.3, -0.25) is 0 Å². The second-order valence-corrected chi connectivity index (χ2v) is 7.78. The Morgan fingerprint density at radius 3 is 2.31 bits per heavy atom. The van der Waals surface area contributed by atoms with Gasteiger partial charge >= 0.3 is 6.09 Å². The van der Waals surface area contributed by atoms with E-state index in [1.54, 1.807) is 4.90 Å². The molecular formula is C20H24ClN3O2. The third-order valence-corrected chi connectivity index (χ3v) is 4.38. The summed E-state index contributed by atoms with van der Waals surface area (Å²) in [5.74, 6) is 0.918. The first-order valence-corrected chi connectivity index (χ1v) is 9.15. The fourth-order valence-electron chi connectivity index (χ4n) is 2.83. The Labute approximate surface area is 159 Å². The summed E-state index contributed by atoms with van der Waals surface area (Å²) in [7, 11) is 0. The molecule has 0 bridgehead atoms. The number of anilines is 1. The van der Waals surface area contributed by atoms with E-state index >= 15 is 0 Å². The van der Waals surface area contributed by atoms with Crippen molar-refractivity contribution in [2.24, 2.45) is 0 Å². The highest BCUT2D eigenvalue weighted by molar-refractivity contribution is 6.30. The molecule has 1 aliphatic heterocycles. The van der Waals surface area contributed by atoms with Gasteiger partial charge < -0.3 is 14.5 Å². The zero-order valence-corrected chi connectivity index (χ0v) is 16.2. The second-order valence-electron chi connectivity index (χ2n) is 7.34. The van der Waals surface area contributed by atoms with Crippen molar-refractivity contribution in [2.75, 3.05) is 31.1 Å². The molecule has 1 saturated heterocycles. The first-order valence-electron chi connectivity index (χ1n) is 8.78. The topological polar surface area (TPSA) is 45.7 Å². The van der Waals surface area contributed by atoms with Crippen LogP contribution in [0.2, 0.25) is 5.02 Å². The summed E-state index contributed by atoms with van der Waals surface area (Å²) in [5, 5.41) is 0.711. The molecule has 1 aliphatic rings. The molecule has 5 nitrogen and oxygen atoms in total. The summed E-state index contributed by atoms with van der Waals surface area (Å²) in [6.07, 6.45) is -0.250. The van der Waals surface area contributed by atoms with Crippen molar-refractivity contribution in [3.63, 3.8) is 0 Å². The number of aromatic nitrogens is 1. The Morgan fingerprint density at radius 1 is 1.04 bits per heavy atom. The molecule has 0 spiro atoms. The van der Waals surface area contributed by atoms with Crippen LogP contribution < -0.4 is 4.90 Å². The third-order valence-electron chi connectivity index (χ3n) is 4.13. The predicted octanol–water partition coefficient (Wildman–Crippen LogP) is 4.46. The lowest BCUT2D eigenvalue weighted by Gasteiger charge is -2.36. The number of carbonyl (C=O) groups excluding carboxylic acids is 1. The van der Waals surface area contributed by atoms with Gasteiger partial charge in [0, 0.05) is 36.8 Å². The molecule has 2 aromatic rings. The van der Waals surface area contributed by atoms with E-state index in [1.807, 2.05) is 63.2 Å². The summed E-state index contributed by atoms with van der Waals surface area (Å²) in [4.78, 5) is 20.9. The van der Waals surface area contributed by atoms with Crippen LogP contribution >= 0.6 is 11.6 Å². The van der Waals surface area contributed by atoms with Crippen LogP contribution in [-0.4, -0.2) is 47.8 Å². The van der Waals surface area contributed by atoms with Gasteiger partial charge in [-0.15, -0.1) is 0 Å². The molecule has 0 radical (unpaired) electrons. The molecule has 0 N–H and O–H groups in total. The van der Waals surface area contributed by atoms with Crippen molar-refractivity contribution in [3.8, 4) is 11.3 Å². The summed E-state index contributed by atoms with van der Waals surface area (Å²) in [6, 6.07) is 13.7. The van der Waals surface area contributed by atoms with Gasteiger partial charge in [0.05, 0.1) is 5.69 Å². The lowest BCUT2D eigenvalue weighted by Crippen LogP contribution is -2.50. The Hall–Kier alpha value is -2.27. The largest absolute Gasteiger partial charge is 0.444 e. The van der Waals surface area contributed by atoms with E-state index in [1.165, 1.54) is 0 Å². The number of nitrogens with zero attached hydrogens (tertiary/aromatic N) is 3. The molecule has 2 heterocycles. The maximum absolute atomic E-state index is 12.2. The molecule has 138 valence electrons. The lowest BCUT2D eigenvalue weighted by molar-refractivity contribution is 0.0240. The van der Waals surface area contributed by atoms with Crippen molar-refractivity contribution in [1.29, 1.82) is 0 Å². The van der Waals surface area contributed by atoms with E-state index in [-0.39, 0.29) is 6.09 Å². The maximum Gasteiger partial charge on any atom is 0.410 e. The smallest absolute Gasteiger partial charge is 0.410 e. The Kier molecular flexibility index (Phi) is 5.37. The molecule has 1 fully saturated rings. The minimum Gasteiger partial charge on any atom is -0.444 e. The van der Waals surface area contributed by atoms with Gasteiger partial charge in [-0.25, -0.2) is 9.78 Å². The van der Waals surface area contributed by atoms with Crippen LogP contribution in [0.25, 0.3) is 11.3 Å². The van der Waals surface area contributed by atoms with Gasteiger partial charge in [-0.2, -0.15) is 0 Å². The maximum atomic E-state index is 12.2. The molecule has 1 aromatic carbocycles. The standard InChI is InChI=1S/C20H24ClN3O2/c1-20(2,3)26-19(25)24-13-11-23(12-14-24)18-6-4-5-17(22-18)15-7-9-16(21)10-8-15/h4-10H,11-14H2,1-3H3. The highest BCUT2D eigenvalue weighted by Gasteiger charge is 2.26. The Balaban J connectivity index is 1.65. The summed E-state index contributed by atoms with van der Waals surface area (Å²) < 4.78 is 5.45. The van der Waals surface area contributed by atoms with E-state index in [4.69, 9.17) is 21.3 Å². The van der Waals surface area contributed by atoms with Crippen LogP contribution in [0.5, 0.6) is 0 Å². The van der Waals surface area contributed by atoms with E-state index < -0.39 is 5.60 Å². The number of amides is 1. The number of ether oxygens (including phenoxy) is 1. The van der Waals surface area contributed by atoms with E-state index in [0.717, 1.165) is 30.2 Å². The van der Waals surface area contributed by atoms with Crippen molar-refractivity contribution in [2.45, 2.75) is 26.4 Å². The van der Waals surface area contributed by atoms with E-state index in [0.29, 0.717) is 18.1 Å². The number of hydrogen-bond acceptors (Lipinski definition) is 4. The van der Waals surface area contributed by atoms with Gasteiger partial charge in [0.15, 0.2) is 0 Å². The molecule has 6 heteroatoms. The minimum atomic E-state index is -0.470. The predicted molar refractivity (Wildman–Crippen MR) is 105 cm³/mol. The SMILES string of the molecule is CC(C)(C)OC(=O)N1CCN(c2cccc(-c3ccc(Cl)cc3)n2)CC1. The number of pyridine rings is 1. The highest BCUT2D eigenvalue weighted by Crippen LogP contribution is 2.23. The molecule has 3 rings (SSSR count). The van der Waals surface area contributed by atoms with E-state index in [2.05, 4.69) is 4.90 Å². The van der Waals surface area contributed by atoms with Crippen LogP contribution in [0.15, 0.2) is 42.5 Å². The van der Waals surface area contributed by atoms with Crippen molar-refractivity contribution in [3.05, 3.63) is 47.5 Å². The zero-order valence-electron chi connectivity index (χ0n) is 15.4. The van der Waals surface area contributed by atoms with E-state index in [9.17, 15) is 4.79 Å². The number of carbonyl (C=O) groups is 1. The van der Waals surface area contributed by atoms with Gasteiger partial charge in [0.2, 0.25) is 0 Å². The quantitative estimate of drug-likeness (QED) is 0.779. The minimum absolute atomic E-state index is 0.250. The summed E-state index contributed by atoms with van der Waals surface area (Å²) in [6.45, 7) is 8.37. The Bertz CT molecular complexity index is 763.